The van der Waals surface area contributed by atoms with E-state index in [1.165, 1.54) is 11.1 Å². The molecule has 5 nitrogen and oxygen atoms in total. The van der Waals surface area contributed by atoms with Crippen molar-refractivity contribution in [2.75, 3.05) is 10.6 Å². The fraction of sp³-hybridized carbons (Fsp3) is 0.133. The summed E-state index contributed by atoms with van der Waals surface area (Å²) in [6, 6.07) is 12.5. The van der Waals surface area contributed by atoms with Crippen molar-refractivity contribution in [2.24, 2.45) is 0 Å². The molecular weight excluding hydrogens is 254 g/mol. The molecular formula is C15H13N3O2. The minimum atomic E-state index is -0.416. The van der Waals surface area contributed by atoms with Gasteiger partial charge in [0.15, 0.2) is 0 Å². The topological polar surface area (TPSA) is 76.3 Å². The molecule has 3 rings (SSSR count). The van der Waals surface area contributed by atoms with Gasteiger partial charge in [0.05, 0.1) is 17.8 Å². The Morgan fingerprint density at radius 1 is 1.10 bits per heavy atom. The fourth-order valence-electron chi connectivity index (χ4n) is 2.38. The first kappa shape index (κ1) is 12.3. The van der Waals surface area contributed by atoms with Crippen molar-refractivity contribution in [1.82, 2.24) is 4.98 Å². The summed E-state index contributed by atoms with van der Waals surface area (Å²) < 4.78 is 0. The maximum absolute atomic E-state index is 12.4. The van der Waals surface area contributed by atoms with E-state index < -0.39 is 5.92 Å². The summed E-state index contributed by atoms with van der Waals surface area (Å²) in [5.74, 6) is -0.489. The van der Waals surface area contributed by atoms with Crippen LogP contribution in [-0.4, -0.2) is 16.8 Å². The highest BCUT2D eigenvalue weighted by molar-refractivity contribution is 6.22. The van der Waals surface area contributed by atoms with Crippen molar-refractivity contribution >= 4 is 23.3 Å². The van der Waals surface area contributed by atoms with Crippen LogP contribution < -0.4 is 10.6 Å². The zero-order valence-electron chi connectivity index (χ0n) is 10.7. The van der Waals surface area contributed by atoms with Crippen LogP contribution in [-0.2, 0) is 9.59 Å². The number of anilines is 2. The Kier molecular flexibility index (Phi) is 2.95. The molecule has 1 aliphatic rings. The zero-order chi connectivity index (χ0) is 14.1. The van der Waals surface area contributed by atoms with Gasteiger partial charge in [-0.15, -0.1) is 0 Å². The molecule has 1 aliphatic heterocycles. The van der Waals surface area contributed by atoms with E-state index in [4.69, 9.17) is 5.73 Å². The highest BCUT2D eigenvalue weighted by atomic mass is 16.2. The molecule has 2 heterocycles. The van der Waals surface area contributed by atoms with Crippen LogP contribution >= 0.6 is 0 Å². The SMILES string of the molecule is Nc1ccc(N2C(=O)CC(c3ccccc3)C2=O)cn1. The molecule has 100 valence electrons. The number of benzene rings is 1. The number of hydrogen-bond donors (Lipinski definition) is 1. The number of amides is 2. The number of aromatic nitrogens is 1. The van der Waals surface area contributed by atoms with E-state index in [9.17, 15) is 9.59 Å². The summed E-state index contributed by atoms with van der Waals surface area (Å²) in [5.41, 5.74) is 6.84. The van der Waals surface area contributed by atoms with E-state index in [1.807, 2.05) is 30.3 Å². The number of nitrogen functional groups attached to an aromatic ring is 1. The van der Waals surface area contributed by atoms with Crippen molar-refractivity contribution < 1.29 is 9.59 Å². The molecule has 0 spiro atoms. The van der Waals surface area contributed by atoms with Crippen LogP contribution in [0, 0.1) is 0 Å². The zero-order valence-corrected chi connectivity index (χ0v) is 10.7. The summed E-state index contributed by atoms with van der Waals surface area (Å²) in [6.07, 6.45) is 1.63. The van der Waals surface area contributed by atoms with Gasteiger partial charge in [0.25, 0.3) is 0 Å². The summed E-state index contributed by atoms with van der Waals surface area (Å²) in [6.45, 7) is 0. The Labute approximate surface area is 116 Å². The van der Waals surface area contributed by atoms with Crippen LogP contribution in [0.2, 0.25) is 0 Å². The molecule has 5 heteroatoms. The van der Waals surface area contributed by atoms with Crippen LogP contribution in [0.25, 0.3) is 0 Å². The number of nitrogens with two attached hydrogens (primary N) is 1. The van der Waals surface area contributed by atoms with Gasteiger partial charge in [0, 0.05) is 6.42 Å². The molecule has 0 bridgehead atoms. The Morgan fingerprint density at radius 2 is 1.85 bits per heavy atom. The molecule has 2 N–H and O–H groups in total. The van der Waals surface area contributed by atoms with Crippen molar-refractivity contribution in [1.29, 1.82) is 0 Å². The van der Waals surface area contributed by atoms with Gasteiger partial charge in [-0.05, 0) is 17.7 Å². The van der Waals surface area contributed by atoms with Crippen LogP contribution in [0.3, 0.4) is 0 Å². The number of rotatable bonds is 2. The lowest BCUT2D eigenvalue weighted by molar-refractivity contribution is -0.121. The Morgan fingerprint density at radius 3 is 2.50 bits per heavy atom. The third-order valence-corrected chi connectivity index (χ3v) is 3.38. The quantitative estimate of drug-likeness (QED) is 0.840. The Balaban J connectivity index is 1.93. The second-order valence-electron chi connectivity index (χ2n) is 4.68. The number of imide groups is 1. The number of carbonyl (C=O) groups is 2. The maximum Gasteiger partial charge on any atom is 0.241 e. The van der Waals surface area contributed by atoms with Gasteiger partial charge in [-0.2, -0.15) is 0 Å². The minimum absolute atomic E-state index is 0.188. The van der Waals surface area contributed by atoms with Gasteiger partial charge in [-0.25, -0.2) is 9.88 Å². The van der Waals surface area contributed by atoms with Crippen LogP contribution in [0.4, 0.5) is 11.5 Å². The first-order valence-corrected chi connectivity index (χ1v) is 6.30. The van der Waals surface area contributed by atoms with Gasteiger partial charge in [-0.1, -0.05) is 30.3 Å². The normalized spacial score (nSPS) is 18.6. The van der Waals surface area contributed by atoms with E-state index in [0.717, 1.165) is 5.56 Å². The molecule has 1 unspecified atom stereocenters. The van der Waals surface area contributed by atoms with Gasteiger partial charge in [0.1, 0.15) is 5.82 Å². The number of carbonyl (C=O) groups excluding carboxylic acids is 2. The molecule has 1 aromatic carbocycles. The average molecular weight is 267 g/mol. The minimum Gasteiger partial charge on any atom is -0.384 e. The monoisotopic (exact) mass is 267 g/mol. The van der Waals surface area contributed by atoms with Crippen LogP contribution in [0.5, 0.6) is 0 Å². The van der Waals surface area contributed by atoms with Crippen molar-refractivity contribution in [2.45, 2.75) is 12.3 Å². The lowest BCUT2D eigenvalue weighted by Crippen LogP contribution is -2.30. The number of pyridine rings is 1. The van der Waals surface area contributed by atoms with E-state index in [1.54, 1.807) is 12.1 Å². The largest absolute Gasteiger partial charge is 0.384 e. The van der Waals surface area contributed by atoms with Crippen molar-refractivity contribution in [3.63, 3.8) is 0 Å². The molecule has 1 fully saturated rings. The Bertz CT molecular complexity index is 653. The molecule has 0 saturated carbocycles. The van der Waals surface area contributed by atoms with E-state index >= 15 is 0 Å². The molecule has 1 saturated heterocycles. The highest BCUT2D eigenvalue weighted by Crippen LogP contribution is 2.32. The predicted molar refractivity (Wildman–Crippen MR) is 74.9 cm³/mol. The summed E-state index contributed by atoms with van der Waals surface area (Å²) >= 11 is 0. The second kappa shape index (κ2) is 4.77. The van der Waals surface area contributed by atoms with Crippen LogP contribution in [0.1, 0.15) is 17.9 Å². The lowest BCUT2D eigenvalue weighted by atomic mass is 9.98. The molecule has 1 aromatic heterocycles. The molecule has 2 amide bonds. The smallest absolute Gasteiger partial charge is 0.241 e. The molecule has 0 aliphatic carbocycles. The van der Waals surface area contributed by atoms with Gasteiger partial charge >= 0.3 is 0 Å². The number of nitrogens with zero attached hydrogens (tertiary/aromatic N) is 2. The average Bonchev–Trinajstić information content (AvgIpc) is 2.76. The standard InChI is InChI=1S/C15H13N3O2/c16-13-7-6-11(9-17-13)18-14(19)8-12(15(18)20)10-4-2-1-3-5-10/h1-7,9,12H,8H2,(H2,16,17). The summed E-state index contributed by atoms with van der Waals surface area (Å²) in [7, 11) is 0. The fourth-order valence-corrected chi connectivity index (χ4v) is 2.38. The van der Waals surface area contributed by atoms with Crippen LogP contribution in [0.15, 0.2) is 48.7 Å². The van der Waals surface area contributed by atoms with E-state index in [2.05, 4.69) is 4.98 Å². The lowest BCUT2D eigenvalue weighted by Gasteiger charge is -2.14. The van der Waals surface area contributed by atoms with Crippen molar-refractivity contribution in [3.05, 3.63) is 54.2 Å². The molecule has 20 heavy (non-hydrogen) atoms. The Hall–Kier alpha value is -2.69. The third kappa shape index (κ3) is 2.03. The predicted octanol–water partition coefficient (Wildman–Crippen LogP) is 1.71. The first-order valence-electron chi connectivity index (χ1n) is 6.30. The third-order valence-electron chi connectivity index (χ3n) is 3.38. The van der Waals surface area contributed by atoms with Gasteiger partial charge in [0.2, 0.25) is 11.8 Å². The molecule has 0 radical (unpaired) electrons. The van der Waals surface area contributed by atoms with Gasteiger partial charge in [-0.3, -0.25) is 9.59 Å². The summed E-state index contributed by atoms with van der Waals surface area (Å²) in [5, 5.41) is 0. The van der Waals surface area contributed by atoms with E-state index in [0.29, 0.717) is 11.5 Å². The molecule has 1 atom stereocenters. The second-order valence-corrected chi connectivity index (χ2v) is 4.68. The number of hydrogen-bond acceptors (Lipinski definition) is 4. The summed E-state index contributed by atoms with van der Waals surface area (Å²) in [4.78, 5) is 29.7. The highest BCUT2D eigenvalue weighted by Gasteiger charge is 2.40. The first-order chi connectivity index (χ1) is 9.66. The van der Waals surface area contributed by atoms with Gasteiger partial charge < -0.3 is 5.73 Å². The van der Waals surface area contributed by atoms with Crippen molar-refractivity contribution in [3.8, 4) is 0 Å². The van der Waals surface area contributed by atoms with E-state index in [-0.39, 0.29) is 18.2 Å². The molecule has 2 aromatic rings. The maximum atomic E-state index is 12.4.